The molecular weight excluding hydrogens is 446 g/mol. The van der Waals surface area contributed by atoms with Crippen molar-refractivity contribution in [2.24, 2.45) is 5.92 Å². The van der Waals surface area contributed by atoms with E-state index in [2.05, 4.69) is 15.3 Å². The molecule has 1 aliphatic heterocycles. The number of morpholine rings is 1. The van der Waals surface area contributed by atoms with Gasteiger partial charge in [0.2, 0.25) is 5.95 Å². The number of hydrogen-bond acceptors (Lipinski definition) is 10. The van der Waals surface area contributed by atoms with Crippen LogP contribution in [-0.2, 0) is 4.74 Å². The van der Waals surface area contributed by atoms with Crippen LogP contribution in [0, 0.1) is 17.2 Å². The Hall–Kier alpha value is -3.62. The lowest BCUT2D eigenvalue weighted by Gasteiger charge is -2.34. The molecule has 1 saturated heterocycles. The third kappa shape index (κ3) is 3.88. The second kappa shape index (κ2) is 8.38. The zero-order valence-corrected chi connectivity index (χ0v) is 18.4. The number of aromatic nitrogens is 4. The van der Waals surface area contributed by atoms with E-state index in [1.54, 1.807) is 22.9 Å². The van der Waals surface area contributed by atoms with E-state index in [4.69, 9.17) is 32.8 Å². The molecular formula is C21H22ClN9O2. The molecule has 3 heterocycles. The first-order valence-electron chi connectivity index (χ1n) is 10.6. The minimum absolute atomic E-state index is 0.00845. The van der Waals surface area contributed by atoms with Gasteiger partial charge in [-0.2, -0.15) is 15.2 Å². The molecule has 1 unspecified atom stereocenters. The van der Waals surface area contributed by atoms with Gasteiger partial charge in [-0.1, -0.05) is 17.7 Å². The number of rotatable bonds is 5. The van der Waals surface area contributed by atoms with E-state index in [0.717, 1.165) is 12.8 Å². The quantitative estimate of drug-likeness (QED) is 0.500. The maximum Gasteiger partial charge on any atom is 0.281 e. The predicted molar refractivity (Wildman–Crippen MR) is 124 cm³/mol. The molecule has 2 fully saturated rings. The van der Waals surface area contributed by atoms with Crippen LogP contribution in [0.1, 0.15) is 30.3 Å². The maximum absolute atomic E-state index is 13.7. The summed E-state index contributed by atoms with van der Waals surface area (Å²) in [6.07, 6.45) is 1.87. The standard InChI is InChI=1S/C21H22ClN9O2/c22-13-2-1-3-14-15(13)20(32)31(30-6-8-33-9-7-30)19(26-14)16(11-4-5-11)27-18-12(10-23)17(24)28-21(25)29-18/h1-3,11,16H,4-9H2,(H5,24,25,27,28,29). The Morgan fingerprint density at radius 3 is 2.67 bits per heavy atom. The van der Waals surface area contributed by atoms with Crippen molar-refractivity contribution in [3.63, 3.8) is 0 Å². The molecule has 2 aliphatic rings. The van der Waals surface area contributed by atoms with Gasteiger partial charge in [0, 0.05) is 0 Å². The number of anilines is 3. The second-order valence-corrected chi connectivity index (χ2v) is 8.46. The first kappa shape index (κ1) is 21.2. The zero-order chi connectivity index (χ0) is 23.1. The molecule has 1 aliphatic carbocycles. The van der Waals surface area contributed by atoms with Gasteiger partial charge < -0.3 is 26.5 Å². The number of nitrogens with zero attached hydrogens (tertiary/aromatic N) is 6. The van der Waals surface area contributed by atoms with Gasteiger partial charge in [-0.25, -0.2) is 9.66 Å². The molecule has 0 amide bonds. The highest BCUT2D eigenvalue weighted by atomic mass is 35.5. The lowest BCUT2D eigenvalue weighted by Crippen LogP contribution is -2.51. The van der Waals surface area contributed by atoms with Crippen molar-refractivity contribution in [3.8, 4) is 6.07 Å². The van der Waals surface area contributed by atoms with Gasteiger partial charge in [-0.3, -0.25) is 4.79 Å². The Balaban J connectivity index is 1.70. The van der Waals surface area contributed by atoms with E-state index < -0.39 is 6.04 Å². The Labute approximate surface area is 193 Å². The van der Waals surface area contributed by atoms with Crippen molar-refractivity contribution < 1.29 is 4.74 Å². The summed E-state index contributed by atoms with van der Waals surface area (Å²) in [6.45, 7) is 2.04. The van der Waals surface area contributed by atoms with Crippen LogP contribution in [0.15, 0.2) is 23.0 Å². The Bertz CT molecular complexity index is 1330. The monoisotopic (exact) mass is 467 g/mol. The highest BCUT2D eigenvalue weighted by Gasteiger charge is 2.38. The van der Waals surface area contributed by atoms with Crippen LogP contribution in [0.5, 0.6) is 0 Å². The normalized spacial score (nSPS) is 17.0. The van der Waals surface area contributed by atoms with Crippen molar-refractivity contribution in [1.82, 2.24) is 19.6 Å². The molecule has 3 aromatic rings. The van der Waals surface area contributed by atoms with Gasteiger partial charge in [0.05, 0.1) is 48.3 Å². The lowest BCUT2D eigenvalue weighted by atomic mass is 10.1. The molecule has 1 atom stereocenters. The third-order valence-corrected chi connectivity index (χ3v) is 6.17. The van der Waals surface area contributed by atoms with Crippen LogP contribution in [0.2, 0.25) is 5.02 Å². The number of nitrogens with two attached hydrogens (primary N) is 2. The van der Waals surface area contributed by atoms with Crippen LogP contribution in [0.4, 0.5) is 17.6 Å². The summed E-state index contributed by atoms with van der Waals surface area (Å²) in [4.78, 5) is 26.7. The fourth-order valence-corrected chi connectivity index (χ4v) is 4.36. The number of benzene rings is 1. The highest BCUT2D eigenvalue weighted by Crippen LogP contribution is 2.43. The van der Waals surface area contributed by atoms with Crippen molar-refractivity contribution in [2.45, 2.75) is 18.9 Å². The average molecular weight is 468 g/mol. The molecule has 33 heavy (non-hydrogen) atoms. The number of fused-ring (bicyclic) bond motifs is 1. The van der Waals surface area contributed by atoms with Crippen LogP contribution in [-0.4, -0.2) is 45.9 Å². The van der Waals surface area contributed by atoms with Crippen molar-refractivity contribution in [2.75, 3.05) is 48.1 Å². The smallest absolute Gasteiger partial charge is 0.281 e. The minimum atomic E-state index is -0.412. The molecule has 0 radical (unpaired) electrons. The van der Waals surface area contributed by atoms with E-state index >= 15 is 0 Å². The molecule has 5 N–H and O–H groups in total. The average Bonchev–Trinajstić information content (AvgIpc) is 3.63. The molecule has 5 rings (SSSR count). The molecule has 1 aromatic carbocycles. The Kier molecular flexibility index (Phi) is 5.39. The van der Waals surface area contributed by atoms with Crippen molar-refractivity contribution >= 4 is 40.1 Å². The van der Waals surface area contributed by atoms with E-state index in [9.17, 15) is 10.1 Å². The van der Waals surface area contributed by atoms with Gasteiger partial charge in [0.1, 0.15) is 17.5 Å². The van der Waals surface area contributed by atoms with Gasteiger partial charge in [-0.05, 0) is 30.9 Å². The maximum atomic E-state index is 13.7. The van der Waals surface area contributed by atoms with Gasteiger partial charge in [0.15, 0.2) is 11.6 Å². The number of halogens is 1. The largest absolute Gasteiger partial charge is 0.382 e. The van der Waals surface area contributed by atoms with E-state index in [0.29, 0.717) is 48.1 Å². The molecule has 170 valence electrons. The van der Waals surface area contributed by atoms with Crippen molar-refractivity contribution in [3.05, 3.63) is 45.0 Å². The van der Waals surface area contributed by atoms with Gasteiger partial charge >= 0.3 is 0 Å². The molecule has 2 aromatic heterocycles. The first-order chi connectivity index (χ1) is 16.0. The Morgan fingerprint density at radius 2 is 1.97 bits per heavy atom. The molecule has 1 saturated carbocycles. The summed E-state index contributed by atoms with van der Waals surface area (Å²) in [7, 11) is 0. The SMILES string of the molecule is N#Cc1c(N)nc(N)nc1NC(c1nc2cccc(Cl)c2c(=O)n1N1CCOCC1)C1CC1. The summed E-state index contributed by atoms with van der Waals surface area (Å²) in [5.41, 5.74) is 12.0. The van der Waals surface area contributed by atoms with Crippen LogP contribution < -0.4 is 27.4 Å². The van der Waals surface area contributed by atoms with E-state index in [-0.39, 0.29) is 34.6 Å². The topological polar surface area (TPSA) is 161 Å². The molecule has 11 nitrogen and oxygen atoms in total. The molecule has 0 spiro atoms. The summed E-state index contributed by atoms with van der Waals surface area (Å²) < 4.78 is 7.07. The van der Waals surface area contributed by atoms with Crippen LogP contribution in [0.25, 0.3) is 10.9 Å². The highest BCUT2D eigenvalue weighted by molar-refractivity contribution is 6.35. The molecule has 0 bridgehead atoms. The first-order valence-corrected chi connectivity index (χ1v) is 11.0. The number of nitrogens with one attached hydrogen (secondary N) is 1. The predicted octanol–water partition coefficient (Wildman–Crippen LogP) is 1.41. The minimum Gasteiger partial charge on any atom is -0.382 e. The summed E-state index contributed by atoms with van der Waals surface area (Å²) in [6, 6.07) is 6.83. The van der Waals surface area contributed by atoms with Crippen LogP contribution >= 0.6 is 11.6 Å². The summed E-state index contributed by atoms with van der Waals surface area (Å²) >= 11 is 6.39. The fourth-order valence-electron chi connectivity index (χ4n) is 4.11. The Morgan fingerprint density at radius 1 is 1.21 bits per heavy atom. The van der Waals surface area contributed by atoms with E-state index in [1.165, 1.54) is 0 Å². The zero-order valence-electron chi connectivity index (χ0n) is 17.7. The lowest BCUT2D eigenvalue weighted by molar-refractivity contribution is 0.109. The number of ether oxygens (including phenoxy) is 1. The van der Waals surface area contributed by atoms with E-state index in [1.807, 2.05) is 11.1 Å². The fraction of sp³-hybridized carbons (Fsp3) is 0.381. The second-order valence-electron chi connectivity index (χ2n) is 8.05. The summed E-state index contributed by atoms with van der Waals surface area (Å²) in [5, 5.41) is 15.5. The number of hydrogen-bond donors (Lipinski definition) is 3. The van der Waals surface area contributed by atoms with Gasteiger partial charge in [0.25, 0.3) is 5.56 Å². The van der Waals surface area contributed by atoms with Crippen molar-refractivity contribution in [1.29, 1.82) is 5.26 Å². The van der Waals surface area contributed by atoms with Crippen LogP contribution in [0.3, 0.4) is 0 Å². The number of nitriles is 1. The third-order valence-electron chi connectivity index (χ3n) is 5.85. The summed E-state index contributed by atoms with van der Waals surface area (Å²) in [5.74, 6) is 0.857. The van der Waals surface area contributed by atoms with Gasteiger partial charge in [-0.15, -0.1) is 0 Å². The number of nitrogen functional groups attached to an aromatic ring is 2. The molecule has 12 heteroatoms.